The van der Waals surface area contributed by atoms with Crippen molar-refractivity contribution in [1.82, 2.24) is 14.3 Å². The Morgan fingerprint density at radius 2 is 1.97 bits per heavy atom. The maximum absolute atomic E-state index is 13.3. The number of imidazole rings is 1. The fraction of sp³-hybridized carbons (Fsp3) is 0.321. The Kier molecular flexibility index (Phi) is 7.63. The van der Waals surface area contributed by atoms with Crippen LogP contribution in [0.3, 0.4) is 0 Å². The van der Waals surface area contributed by atoms with Gasteiger partial charge in [-0.2, -0.15) is 0 Å². The average molecular weight is 506 g/mol. The van der Waals surface area contributed by atoms with Gasteiger partial charge in [0.15, 0.2) is 17.3 Å². The third-order valence-corrected chi connectivity index (χ3v) is 6.32. The van der Waals surface area contributed by atoms with Crippen LogP contribution in [0.15, 0.2) is 54.8 Å². The zero-order valence-electron chi connectivity index (χ0n) is 21.5. The number of pyridine rings is 1. The molecule has 9 heteroatoms. The highest BCUT2D eigenvalue weighted by Crippen LogP contribution is 2.42. The molecule has 1 unspecified atom stereocenters. The predicted molar refractivity (Wildman–Crippen MR) is 139 cm³/mol. The Morgan fingerprint density at radius 3 is 2.65 bits per heavy atom. The second-order valence-corrected chi connectivity index (χ2v) is 8.65. The van der Waals surface area contributed by atoms with Crippen LogP contribution in [0.4, 0.5) is 0 Å². The summed E-state index contributed by atoms with van der Waals surface area (Å²) in [5.41, 5.74) is 3.03. The number of aliphatic hydroxyl groups excluding tert-OH is 1. The Balaban J connectivity index is 1.91. The van der Waals surface area contributed by atoms with Crippen LogP contribution in [0.5, 0.6) is 11.5 Å². The molecule has 0 saturated carbocycles. The highest BCUT2D eigenvalue weighted by molar-refractivity contribution is 6.46. The molecule has 1 saturated heterocycles. The van der Waals surface area contributed by atoms with Gasteiger partial charge in [-0.15, -0.1) is 0 Å². The molecule has 9 nitrogen and oxygen atoms in total. The minimum absolute atomic E-state index is 0.0347. The fourth-order valence-electron chi connectivity index (χ4n) is 4.55. The van der Waals surface area contributed by atoms with Crippen molar-refractivity contribution in [3.05, 3.63) is 77.3 Å². The van der Waals surface area contributed by atoms with Gasteiger partial charge in [-0.1, -0.05) is 24.8 Å². The largest absolute Gasteiger partial charge is 0.505 e. The summed E-state index contributed by atoms with van der Waals surface area (Å²) in [6.07, 6.45) is 3.47. The van der Waals surface area contributed by atoms with Crippen molar-refractivity contribution in [1.29, 1.82) is 0 Å². The second-order valence-electron chi connectivity index (χ2n) is 8.65. The number of Topliss-reactive ketones (excluding diaryl/α,β-unsaturated/α-hetero) is 1. The van der Waals surface area contributed by atoms with Gasteiger partial charge in [0.1, 0.15) is 17.9 Å². The Bertz CT molecular complexity index is 1390. The van der Waals surface area contributed by atoms with Crippen molar-refractivity contribution < 1.29 is 28.9 Å². The average Bonchev–Trinajstić information content (AvgIpc) is 3.36. The summed E-state index contributed by atoms with van der Waals surface area (Å²) in [5.74, 6) is -0.860. The van der Waals surface area contributed by atoms with E-state index in [2.05, 4.69) is 11.6 Å². The number of hydrogen-bond acceptors (Lipinski definition) is 7. The number of likely N-dealkylation sites (tertiary alicyclic amines) is 1. The van der Waals surface area contributed by atoms with Gasteiger partial charge in [0.05, 0.1) is 30.5 Å². The van der Waals surface area contributed by atoms with Crippen LogP contribution in [0.2, 0.25) is 0 Å². The molecule has 0 spiro atoms. The first-order valence-corrected chi connectivity index (χ1v) is 12.1. The van der Waals surface area contributed by atoms with Gasteiger partial charge < -0.3 is 28.6 Å². The van der Waals surface area contributed by atoms with Crippen LogP contribution in [0, 0.1) is 13.8 Å². The maximum Gasteiger partial charge on any atom is 0.295 e. The van der Waals surface area contributed by atoms with Crippen molar-refractivity contribution in [3.63, 3.8) is 0 Å². The smallest absolute Gasteiger partial charge is 0.295 e. The first-order valence-electron chi connectivity index (χ1n) is 12.1. The first-order chi connectivity index (χ1) is 17.8. The minimum atomic E-state index is -0.867. The Hall–Kier alpha value is -4.11. The van der Waals surface area contributed by atoms with Gasteiger partial charge in [0.2, 0.25) is 0 Å². The standard InChI is InChI=1S/C28H31N3O6/c1-6-14-37-20-11-10-19(16-21(20)36-7-2)24-22(26(33)28(34)31(24)13-15-35-5)25(32)23-18(4)30-12-8-9-17(3)27(30)29-23/h6,8-12,16,24,32H,1,7,13-15H2,2-5H3/b25-22+. The number of aliphatic hydroxyl groups is 1. The second kappa shape index (κ2) is 10.9. The predicted octanol–water partition coefficient (Wildman–Crippen LogP) is 3.98. The van der Waals surface area contributed by atoms with Gasteiger partial charge >= 0.3 is 0 Å². The van der Waals surface area contributed by atoms with Gasteiger partial charge in [0.25, 0.3) is 11.7 Å². The summed E-state index contributed by atoms with van der Waals surface area (Å²) in [4.78, 5) is 32.5. The molecule has 1 fully saturated rings. The summed E-state index contributed by atoms with van der Waals surface area (Å²) < 4.78 is 18.5. The van der Waals surface area contributed by atoms with Crippen molar-refractivity contribution in [2.75, 3.05) is 33.5 Å². The molecular formula is C28H31N3O6. The number of ketones is 1. The first kappa shape index (κ1) is 26.0. The Morgan fingerprint density at radius 1 is 1.19 bits per heavy atom. The number of benzene rings is 1. The molecule has 0 aliphatic carbocycles. The normalized spacial score (nSPS) is 17.0. The lowest BCUT2D eigenvalue weighted by Gasteiger charge is -2.25. The number of hydrogen-bond donors (Lipinski definition) is 1. The van der Waals surface area contributed by atoms with Crippen molar-refractivity contribution in [2.24, 2.45) is 0 Å². The van der Waals surface area contributed by atoms with E-state index in [4.69, 9.17) is 14.2 Å². The SMILES string of the molecule is C=CCOc1ccc(C2/C(=C(\O)c3nc4c(C)cccn4c3C)C(=O)C(=O)N2CCOC)cc1OCC. The molecule has 1 amide bonds. The van der Waals surface area contributed by atoms with E-state index in [0.29, 0.717) is 35.0 Å². The molecule has 1 aliphatic heterocycles. The lowest BCUT2D eigenvalue weighted by molar-refractivity contribution is -0.140. The summed E-state index contributed by atoms with van der Waals surface area (Å²) in [5, 5.41) is 11.5. The van der Waals surface area contributed by atoms with Crippen LogP contribution in [0.1, 0.15) is 35.5 Å². The highest BCUT2D eigenvalue weighted by Gasteiger charge is 2.46. The molecule has 1 aliphatic rings. The number of amides is 1. The van der Waals surface area contributed by atoms with Crippen LogP contribution < -0.4 is 9.47 Å². The van der Waals surface area contributed by atoms with E-state index in [9.17, 15) is 14.7 Å². The number of aromatic nitrogens is 2. The number of methoxy groups -OCH3 is 1. The van der Waals surface area contributed by atoms with Gasteiger partial charge in [-0.3, -0.25) is 9.59 Å². The van der Waals surface area contributed by atoms with E-state index >= 15 is 0 Å². The third kappa shape index (κ3) is 4.70. The topological polar surface area (TPSA) is 103 Å². The van der Waals surface area contributed by atoms with Crippen molar-refractivity contribution >= 4 is 23.1 Å². The molecule has 1 N–H and O–H groups in total. The molecule has 1 atom stereocenters. The molecule has 1 aromatic carbocycles. The van der Waals surface area contributed by atoms with E-state index in [-0.39, 0.29) is 36.8 Å². The van der Waals surface area contributed by atoms with Gasteiger partial charge in [-0.05, 0) is 50.1 Å². The molecule has 2 aromatic heterocycles. The van der Waals surface area contributed by atoms with Crippen LogP contribution >= 0.6 is 0 Å². The molecular weight excluding hydrogens is 474 g/mol. The van der Waals surface area contributed by atoms with Crippen LogP contribution in [-0.2, 0) is 14.3 Å². The molecule has 4 rings (SSSR count). The van der Waals surface area contributed by atoms with Gasteiger partial charge in [-0.25, -0.2) is 4.98 Å². The van der Waals surface area contributed by atoms with E-state index in [1.807, 2.05) is 43.5 Å². The minimum Gasteiger partial charge on any atom is -0.505 e. The van der Waals surface area contributed by atoms with Crippen LogP contribution in [-0.4, -0.2) is 64.6 Å². The third-order valence-electron chi connectivity index (χ3n) is 6.32. The van der Waals surface area contributed by atoms with E-state index in [1.165, 1.54) is 12.0 Å². The van der Waals surface area contributed by atoms with Crippen molar-refractivity contribution in [2.45, 2.75) is 26.8 Å². The monoisotopic (exact) mass is 505 g/mol. The Labute approximate surface area is 215 Å². The fourth-order valence-corrected chi connectivity index (χ4v) is 4.55. The number of carbonyl (C=O) groups excluding carboxylic acids is 2. The lowest BCUT2D eigenvalue weighted by atomic mass is 9.96. The number of carbonyl (C=O) groups is 2. The zero-order chi connectivity index (χ0) is 26.7. The molecule has 3 aromatic rings. The summed E-state index contributed by atoms with van der Waals surface area (Å²) in [6, 6.07) is 8.14. The van der Waals surface area contributed by atoms with E-state index < -0.39 is 17.7 Å². The molecule has 0 bridgehead atoms. The molecule has 37 heavy (non-hydrogen) atoms. The van der Waals surface area contributed by atoms with Crippen LogP contribution in [0.25, 0.3) is 11.4 Å². The number of rotatable bonds is 10. The van der Waals surface area contributed by atoms with Gasteiger partial charge in [0, 0.05) is 19.9 Å². The maximum atomic E-state index is 13.3. The number of aryl methyl sites for hydroxylation is 2. The number of ether oxygens (including phenoxy) is 3. The zero-order valence-corrected chi connectivity index (χ0v) is 21.5. The number of nitrogens with zero attached hydrogens (tertiary/aromatic N) is 3. The highest BCUT2D eigenvalue weighted by atomic mass is 16.5. The summed E-state index contributed by atoms with van der Waals surface area (Å²) in [6.45, 7) is 10.3. The number of fused-ring (bicyclic) bond motifs is 1. The summed E-state index contributed by atoms with van der Waals surface area (Å²) in [7, 11) is 1.52. The quantitative estimate of drug-likeness (QED) is 0.192. The molecule has 194 valence electrons. The van der Waals surface area contributed by atoms with E-state index in [1.54, 1.807) is 24.3 Å². The lowest BCUT2D eigenvalue weighted by Crippen LogP contribution is -2.32. The molecule has 3 heterocycles. The molecule has 0 radical (unpaired) electrons. The summed E-state index contributed by atoms with van der Waals surface area (Å²) >= 11 is 0. The van der Waals surface area contributed by atoms with E-state index in [0.717, 1.165) is 5.56 Å². The van der Waals surface area contributed by atoms with Crippen molar-refractivity contribution in [3.8, 4) is 11.5 Å².